The van der Waals surface area contributed by atoms with Crippen molar-refractivity contribution in [3.05, 3.63) is 47.5 Å². The molecule has 1 aromatic rings. The Kier molecular flexibility index (Phi) is 6.53. The summed E-state index contributed by atoms with van der Waals surface area (Å²) in [7, 11) is 1.75. The molecule has 0 spiro atoms. The van der Waals surface area contributed by atoms with E-state index in [2.05, 4.69) is 5.32 Å². The minimum Gasteiger partial charge on any atom is -0.462 e. The SMILES string of the molecule is CCOC(=O)C(=CCNC)C(=O)Cc1ccccc1. The molecule has 4 heteroatoms. The van der Waals surface area contributed by atoms with E-state index < -0.39 is 5.97 Å². The van der Waals surface area contributed by atoms with Crippen molar-refractivity contribution in [2.45, 2.75) is 13.3 Å². The molecule has 102 valence electrons. The molecule has 4 nitrogen and oxygen atoms in total. The second-order valence-electron chi connectivity index (χ2n) is 3.98. The molecular formula is C15H19NO3. The van der Waals surface area contributed by atoms with E-state index in [0.717, 1.165) is 5.56 Å². The summed E-state index contributed by atoms with van der Waals surface area (Å²) in [6.07, 6.45) is 1.78. The molecule has 0 aliphatic rings. The standard InChI is InChI=1S/C15H19NO3/c1-3-19-15(18)13(9-10-16-2)14(17)11-12-7-5-4-6-8-12/h4-9,16H,3,10-11H2,1-2H3. The highest BCUT2D eigenvalue weighted by Crippen LogP contribution is 2.07. The van der Waals surface area contributed by atoms with Crippen LogP contribution in [-0.4, -0.2) is 32.0 Å². The van der Waals surface area contributed by atoms with Crippen LogP contribution in [0.1, 0.15) is 12.5 Å². The Labute approximate surface area is 113 Å². The number of benzene rings is 1. The molecule has 0 radical (unpaired) electrons. The molecule has 0 saturated heterocycles. The molecule has 19 heavy (non-hydrogen) atoms. The van der Waals surface area contributed by atoms with Crippen LogP contribution < -0.4 is 5.32 Å². The van der Waals surface area contributed by atoms with Crippen LogP contribution >= 0.6 is 0 Å². The molecule has 0 aliphatic carbocycles. The van der Waals surface area contributed by atoms with Crippen molar-refractivity contribution >= 4 is 11.8 Å². The van der Waals surface area contributed by atoms with E-state index in [9.17, 15) is 9.59 Å². The zero-order chi connectivity index (χ0) is 14.1. The lowest BCUT2D eigenvalue weighted by Gasteiger charge is -2.06. The summed E-state index contributed by atoms with van der Waals surface area (Å²) >= 11 is 0. The molecule has 0 unspecified atom stereocenters. The summed E-state index contributed by atoms with van der Waals surface area (Å²) in [6.45, 7) is 2.43. The van der Waals surface area contributed by atoms with E-state index in [1.54, 1.807) is 20.0 Å². The highest BCUT2D eigenvalue weighted by Gasteiger charge is 2.19. The molecule has 0 heterocycles. The Balaban J connectivity index is 2.80. The fourth-order valence-corrected chi connectivity index (χ4v) is 1.60. The van der Waals surface area contributed by atoms with Crippen LogP contribution in [0.2, 0.25) is 0 Å². The molecule has 1 N–H and O–H groups in total. The molecule has 1 rings (SSSR count). The minimum absolute atomic E-state index is 0.111. The highest BCUT2D eigenvalue weighted by molar-refractivity contribution is 6.17. The number of hydrogen-bond acceptors (Lipinski definition) is 4. The van der Waals surface area contributed by atoms with E-state index in [-0.39, 0.29) is 24.4 Å². The van der Waals surface area contributed by atoms with Crippen molar-refractivity contribution in [1.82, 2.24) is 5.32 Å². The molecule has 0 fully saturated rings. The number of rotatable bonds is 7. The van der Waals surface area contributed by atoms with Gasteiger partial charge in [-0.3, -0.25) is 4.79 Å². The predicted molar refractivity (Wildman–Crippen MR) is 73.8 cm³/mol. The van der Waals surface area contributed by atoms with Gasteiger partial charge >= 0.3 is 5.97 Å². The Hall–Kier alpha value is -1.94. The summed E-state index contributed by atoms with van der Waals surface area (Å²) in [5.74, 6) is -0.779. The minimum atomic E-state index is -0.557. The van der Waals surface area contributed by atoms with Gasteiger partial charge in [0.2, 0.25) is 0 Å². The summed E-state index contributed by atoms with van der Waals surface area (Å²) in [5, 5.41) is 2.88. The number of nitrogens with one attached hydrogen (secondary N) is 1. The zero-order valence-corrected chi connectivity index (χ0v) is 11.3. The van der Waals surface area contributed by atoms with E-state index in [1.807, 2.05) is 30.3 Å². The van der Waals surface area contributed by atoms with Gasteiger partial charge in [0.15, 0.2) is 5.78 Å². The average molecular weight is 261 g/mol. The molecule has 0 bridgehead atoms. The van der Waals surface area contributed by atoms with Crippen LogP contribution in [0.5, 0.6) is 0 Å². The molecule has 0 amide bonds. The van der Waals surface area contributed by atoms with Gasteiger partial charge in [0.1, 0.15) is 5.57 Å². The maximum absolute atomic E-state index is 12.1. The van der Waals surface area contributed by atoms with Gasteiger partial charge in [-0.25, -0.2) is 4.79 Å². The van der Waals surface area contributed by atoms with Crippen molar-refractivity contribution in [3.8, 4) is 0 Å². The van der Waals surface area contributed by atoms with Crippen molar-refractivity contribution in [2.75, 3.05) is 20.2 Å². The van der Waals surface area contributed by atoms with Gasteiger partial charge in [-0.1, -0.05) is 36.4 Å². The fourth-order valence-electron chi connectivity index (χ4n) is 1.60. The van der Waals surface area contributed by atoms with Crippen molar-refractivity contribution in [3.63, 3.8) is 0 Å². The molecule has 0 aromatic heterocycles. The topological polar surface area (TPSA) is 55.4 Å². The molecule has 0 aliphatic heterocycles. The zero-order valence-electron chi connectivity index (χ0n) is 11.3. The van der Waals surface area contributed by atoms with Crippen LogP contribution in [0.4, 0.5) is 0 Å². The number of Topliss-reactive ketones (excluding diaryl/α,β-unsaturated/α-hetero) is 1. The Morgan fingerprint density at radius 2 is 1.95 bits per heavy atom. The molecule has 0 atom stereocenters. The van der Waals surface area contributed by atoms with E-state index in [4.69, 9.17) is 4.74 Å². The molecule has 0 saturated carbocycles. The van der Waals surface area contributed by atoms with Crippen LogP contribution in [0, 0.1) is 0 Å². The van der Waals surface area contributed by atoms with Crippen LogP contribution in [0.15, 0.2) is 42.0 Å². The molecule has 1 aromatic carbocycles. The quantitative estimate of drug-likeness (QED) is 0.350. The number of ether oxygens (including phenoxy) is 1. The van der Waals surface area contributed by atoms with Crippen LogP contribution in [-0.2, 0) is 20.7 Å². The van der Waals surface area contributed by atoms with Crippen LogP contribution in [0.3, 0.4) is 0 Å². The van der Waals surface area contributed by atoms with E-state index >= 15 is 0 Å². The summed E-state index contributed by atoms with van der Waals surface area (Å²) in [5.41, 5.74) is 0.993. The van der Waals surface area contributed by atoms with Crippen molar-refractivity contribution < 1.29 is 14.3 Å². The largest absolute Gasteiger partial charge is 0.462 e. The van der Waals surface area contributed by atoms with E-state index in [0.29, 0.717) is 6.54 Å². The van der Waals surface area contributed by atoms with Gasteiger partial charge in [0.05, 0.1) is 6.61 Å². The number of carbonyl (C=O) groups excluding carboxylic acids is 2. The summed E-state index contributed by atoms with van der Waals surface area (Å²) in [6, 6.07) is 9.34. The first-order valence-corrected chi connectivity index (χ1v) is 6.28. The third kappa shape index (κ3) is 5.06. The number of likely N-dealkylation sites (N-methyl/N-ethyl adjacent to an activating group) is 1. The second kappa shape index (κ2) is 8.21. The van der Waals surface area contributed by atoms with Gasteiger partial charge in [-0.15, -0.1) is 0 Å². The lowest BCUT2D eigenvalue weighted by atomic mass is 10.0. The first-order valence-electron chi connectivity index (χ1n) is 6.28. The van der Waals surface area contributed by atoms with Gasteiger partial charge < -0.3 is 10.1 Å². The van der Waals surface area contributed by atoms with Gasteiger partial charge in [0, 0.05) is 13.0 Å². The normalized spacial score (nSPS) is 11.2. The maximum atomic E-state index is 12.1. The predicted octanol–water partition coefficient (Wildman–Crippen LogP) is 1.51. The van der Waals surface area contributed by atoms with Crippen molar-refractivity contribution in [2.24, 2.45) is 0 Å². The number of hydrogen-bond donors (Lipinski definition) is 1. The first kappa shape index (κ1) is 15.1. The van der Waals surface area contributed by atoms with Crippen LogP contribution in [0.25, 0.3) is 0 Å². The Morgan fingerprint density at radius 1 is 1.26 bits per heavy atom. The van der Waals surface area contributed by atoms with Gasteiger partial charge in [-0.05, 0) is 19.5 Å². The second-order valence-corrected chi connectivity index (χ2v) is 3.98. The highest BCUT2D eigenvalue weighted by atomic mass is 16.5. The number of esters is 1. The average Bonchev–Trinajstić information content (AvgIpc) is 2.40. The molecular weight excluding hydrogens is 242 g/mol. The maximum Gasteiger partial charge on any atom is 0.341 e. The number of ketones is 1. The Morgan fingerprint density at radius 3 is 2.53 bits per heavy atom. The number of carbonyl (C=O) groups is 2. The lowest BCUT2D eigenvalue weighted by Crippen LogP contribution is -2.19. The third-order valence-electron chi connectivity index (χ3n) is 2.51. The van der Waals surface area contributed by atoms with E-state index in [1.165, 1.54) is 0 Å². The first-order chi connectivity index (χ1) is 9.19. The smallest absolute Gasteiger partial charge is 0.341 e. The fraction of sp³-hybridized carbons (Fsp3) is 0.333. The third-order valence-corrected chi connectivity index (χ3v) is 2.51. The lowest BCUT2D eigenvalue weighted by molar-refractivity contribution is -0.140. The van der Waals surface area contributed by atoms with Gasteiger partial charge in [-0.2, -0.15) is 0 Å². The monoisotopic (exact) mass is 261 g/mol. The summed E-state index contributed by atoms with van der Waals surface area (Å²) in [4.78, 5) is 23.9. The van der Waals surface area contributed by atoms with Crippen molar-refractivity contribution in [1.29, 1.82) is 0 Å². The van der Waals surface area contributed by atoms with Gasteiger partial charge in [0.25, 0.3) is 0 Å². The Bertz CT molecular complexity index is 452. The summed E-state index contributed by atoms with van der Waals surface area (Å²) < 4.78 is 4.90.